The minimum Gasteiger partial charge on any atom is -0.338 e. The van der Waals surface area contributed by atoms with Crippen LogP contribution in [-0.2, 0) is 11.3 Å². The van der Waals surface area contributed by atoms with Gasteiger partial charge in [0, 0.05) is 32.0 Å². The molecular formula is C23H23N3O. The van der Waals surface area contributed by atoms with Gasteiger partial charge in [0.2, 0.25) is 5.91 Å². The molecule has 3 aromatic rings. The molecule has 1 fully saturated rings. The number of hydrogen-bond donors (Lipinski definition) is 0. The van der Waals surface area contributed by atoms with Crippen molar-refractivity contribution >= 4 is 23.0 Å². The summed E-state index contributed by atoms with van der Waals surface area (Å²) in [6.07, 6.45) is 6.58. The molecule has 2 aromatic carbocycles. The minimum absolute atomic E-state index is 0.120. The lowest BCUT2D eigenvalue weighted by molar-refractivity contribution is -0.127. The lowest BCUT2D eigenvalue weighted by Gasteiger charge is -2.15. The molecule has 0 radical (unpaired) electrons. The predicted molar refractivity (Wildman–Crippen MR) is 109 cm³/mol. The maximum Gasteiger partial charge on any atom is 0.223 e. The Morgan fingerprint density at radius 1 is 1.07 bits per heavy atom. The number of fused-ring (bicyclic) bond motifs is 1. The van der Waals surface area contributed by atoms with E-state index in [9.17, 15) is 4.79 Å². The van der Waals surface area contributed by atoms with Crippen molar-refractivity contribution < 1.29 is 4.79 Å². The van der Waals surface area contributed by atoms with Crippen LogP contribution >= 0.6 is 0 Å². The van der Waals surface area contributed by atoms with Gasteiger partial charge in [0.05, 0.1) is 11.0 Å². The third-order valence-electron chi connectivity index (χ3n) is 5.01. The van der Waals surface area contributed by atoms with E-state index < -0.39 is 0 Å². The number of likely N-dealkylation sites (tertiary alicyclic amines) is 1. The monoisotopic (exact) mass is 357 g/mol. The van der Waals surface area contributed by atoms with Crippen LogP contribution in [0.5, 0.6) is 0 Å². The Balaban J connectivity index is 1.65. The fourth-order valence-corrected chi connectivity index (χ4v) is 3.73. The number of carbonyl (C=O) groups is 1. The molecule has 4 nitrogen and oxygen atoms in total. The fraction of sp³-hybridized carbons (Fsp3) is 0.217. The van der Waals surface area contributed by atoms with E-state index in [1.807, 2.05) is 41.3 Å². The van der Waals surface area contributed by atoms with Gasteiger partial charge in [-0.2, -0.15) is 0 Å². The molecule has 4 rings (SSSR count). The molecular weight excluding hydrogens is 334 g/mol. The molecule has 1 aromatic heterocycles. The summed E-state index contributed by atoms with van der Waals surface area (Å²) in [4.78, 5) is 19.0. The van der Waals surface area contributed by atoms with Crippen molar-refractivity contribution in [3.05, 3.63) is 84.7 Å². The zero-order chi connectivity index (χ0) is 18.6. The number of imidazole rings is 1. The van der Waals surface area contributed by atoms with E-state index in [-0.39, 0.29) is 11.8 Å². The molecule has 2 heterocycles. The predicted octanol–water partition coefficient (Wildman–Crippen LogP) is 4.25. The Morgan fingerprint density at radius 2 is 1.85 bits per heavy atom. The smallest absolute Gasteiger partial charge is 0.223 e. The molecule has 1 aliphatic rings. The molecule has 0 bridgehead atoms. The van der Waals surface area contributed by atoms with Gasteiger partial charge in [0.25, 0.3) is 0 Å². The SMILES string of the molecule is C=CCN1CC(c2nc3ccccc3n2CC=Cc2ccccc2)CC1=O. The van der Waals surface area contributed by atoms with Crippen LogP contribution in [0.25, 0.3) is 17.1 Å². The quantitative estimate of drug-likeness (QED) is 0.619. The number of hydrogen-bond acceptors (Lipinski definition) is 2. The molecule has 4 heteroatoms. The lowest BCUT2D eigenvalue weighted by atomic mass is 10.1. The van der Waals surface area contributed by atoms with Gasteiger partial charge in [-0.1, -0.05) is 60.7 Å². The summed E-state index contributed by atoms with van der Waals surface area (Å²) in [7, 11) is 0. The summed E-state index contributed by atoms with van der Waals surface area (Å²) in [6, 6.07) is 18.5. The standard InChI is InChI=1S/C23H23N3O/c1-2-14-25-17-19(16-22(25)27)23-24-20-12-6-7-13-21(20)26(23)15-8-11-18-9-4-3-5-10-18/h2-13,19H,1,14-17H2. The van der Waals surface area contributed by atoms with E-state index in [1.165, 1.54) is 5.56 Å². The second kappa shape index (κ2) is 7.62. The first-order chi connectivity index (χ1) is 13.3. The maximum absolute atomic E-state index is 12.3. The molecule has 136 valence electrons. The minimum atomic E-state index is 0.120. The van der Waals surface area contributed by atoms with Crippen molar-refractivity contribution in [2.24, 2.45) is 0 Å². The van der Waals surface area contributed by atoms with Crippen molar-refractivity contribution in [3.63, 3.8) is 0 Å². The first-order valence-electron chi connectivity index (χ1n) is 9.31. The molecule has 1 aliphatic heterocycles. The van der Waals surface area contributed by atoms with Crippen LogP contribution in [0.2, 0.25) is 0 Å². The second-order valence-electron chi connectivity index (χ2n) is 6.87. The van der Waals surface area contributed by atoms with Gasteiger partial charge >= 0.3 is 0 Å². The molecule has 1 atom stereocenters. The van der Waals surface area contributed by atoms with E-state index in [0.29, 0.717) is 19.5 Å². The van der Waals surface area contributed by atoms with Gasteiger partial charge < -0.3 is 9.47 Å². The Bertz CT molecular complexity index is 987. The summed E-state index contributed by atoms with van der Waals surface area (Å²) in [5, 5.41) is 0. The lowest BCUT2D eigenvalue weighted by Crippen LogP contribution is -2.25. The summed E-state index contributed by atoms with van der Waals surface area (Å²) in [6.45, 7) is 5.79. The van der Waals surface area contributed by atoms with Gasteiger partial charge in [-0.15, -0.1) is 6.58 Å². The van der Waals surface area contributed by atoms with Crippen LogP contribution in [0.4, 0.5) is 0 Å². The van der Waals surface area contributed by atoms with Crippen LogP contribution in [0.15, 0.2) is 73.3 Å². The topological polar surface area (TPSA) is 38.1 Å². The first kappa shape index (κ1) is 17.3. The third-order valence-corrected chi connectivity index (χ3v) is 5.01. The van der Waals surface area contributed by atoms with E-state index in [0.717, 1.165) is 23.4 Å². The fourth-order valence-electron chi connectivity index (χ4n) is 3.73. The van der Waals surface area contributed by atoms with Crippen LogP contribution in [-0.4, -0.2) is 33.4 Å². The van der Waals surface area contributed by atoms with E-state index in [2.05, 4.69) is 41.5 Å². The maximum atomic E-state index is 12.3. The summed E-state index contributed by atoms with van der Waals surface area (Å²) in [5.74, 6) is 1.29. The van der Waals surface area contributed by atoms with E-state index in [4.69, 9.17) is 4.98 Å². The highest BCUT2D eigenvalue weighted by atomic mass is 16.2. The van der Waals surface area contributed by atoms with Crippen LogP contribution < -0.4 is 0 Å². The number of carbonyl (C=O) groups excluding carboxylic acids is 1. The van der Waals surface area contributed by atoms with E-state index >= 15 is 0 Å². The number of para-hydroxylation sites is 2. The largest absolute Gasteiger partial charge is 0.338 e. The molecule has 0 N–H and O–H groups in total. The zero-order valence-corrected chi connectivity index (χ0v) is 15.3. The number of rotatable bonds is 6. The van der Waals surface area contributed by atoms with Gasteiger partial charge in [-0.05, 0) is 17.7 Å². The summed E-state index contributed by atoms with van der Waals surface area (Å²) < 4.78 is 2.24. The Kier molecular flexibility index (Phi) is 4.88. The summed E-state index contributed by atoms with van der Waals surface area (Å²) >= 11 is 0. The van der Waals surface area contributed by atoms with E-state index in [1.54, 1.807) is 6.08 Å². The molecule has 0 aliphatic carbocycles. The van der Waals surface area contributed by atoms with Gasteiger partial charge in [0.1, 0.15) is 5.82 Å². The Labute approximate surface area is 159 Å². The zero-order valence-electron chi connectivity index (χ0n) is 15.3. The number of nitrogens with zero attached hydrogens (tertiary/aromatic N) is 3. The number of aromatic nitrogens is 2. The third kappa shape index (κ3) is 3.56. The molecule has 1 saturated heterocycles. The number of allylic oxidation sites excluding steroid dienone is 1. The molecule has 27 heavy (non-hydrogen) atoms. The number of amides is 1. The highest BCUT2D eigenvalue weighted by Gasteiger charge is 2.33. The van der Waals surface area contributed by atoms with Crippen molar-refractivity contribution in [3.8, 4) is 0 Å². The van der Waals surface area contributed by atoms with Crippen LogP contribution in [0, 0.1) is 0 Å². The highest BCUT2D eigenvalue weighted by molar-refractivity contribution is 5.81. The Morgan fingerprint density at radius 3 is 2.67 bits per heavy atom. The first-order valence-corrected chi connectivity index (χ1v) is 9.31. The average Bonchev–Trinajstić information content (AvgIpc) is 3.24. The average molecular weight is 357 g/mol. The molecule has 0 spiro atoms. The molecule has 0 saturated carbocycles. The van der Waals surface area contributed by atoms with Crippen LogP contribution in [0.1, 0.15) is 23.7 Å². The van der Waals surface area contributed by atoms with Gasteiger partial charge in [-0.25, -0.2) is 4.98 Å². The van der Waals surface area contributed by atoms with Gasteiger partial charge in [0.15, 0.2) is 0 Å². The second-order valence-corrected chi connectivity index (χ2v) is 6.87. The van der Waals surface area contributed by atoms with Crippen molar-refractivity contribution in [2.75, 3.05) is 13.1 Å². The van der Waals surface area contributed by atoms with Crippen molar-refractivity contribution in [2.45, 2.75) is 18.9 Å². The van der Waals surface area contributed by atoms with Crippen molar-refractivity contribution in [1.82, 2.24) is 14.5 Å². The van der Waals surface area contributed by atoms with Crippen LogP contribution in [0.3, 0.4) is 0 Å². The van der Waals surface area contributed by atoms with Gasteiger partial charge in [-0.3, -0.25) is 4.79 Å². The highest BCUT2D eigenvalue weighted by Crippen LogP contribution is 2.30. The number of benzene rings is 2. The van der Waals surface area contributed by atoms with Crippen molar-refractivity contribution in [1.29, 1.82) is 0 Å². The molecule has 1 amide bonds. The summed E-state index contributed by atoms with van der Waals surface area (Å²) in [5.41, 5.74) is 3.27. The molecule has 1 unspecified atom stereocenters. The Hall–Kier alpha value is -3.14. The normalized spacial score (nSPS) is 17.3.